The van der Waals surface area contributed by atoms with Gasteiger partial charge in [0, 0.05) is 18.7 Å². The van der Waals surface area contributed by atoms with Gasteiger partial charge in [0.1, 0.15) is 0 Å². The summed E-state index contributed by atoms with van der Waals surface area (Å²) in [4.78, 5) is 0. The minimum Gasteiger partial charge on any atom is -0.313 e. The molecular weight excluding hydrogens is 210 g/mol. The number of rotatable bonds is 7. The van der Waals surface area contributed by atoms with Crippen molar-refractivity contribution in [3.8, 4) is 12.3 Å². The highest BCUT2D eigenvalue weighted by molar-refractivity contribution is 7.91. The molecule has 4 heteroatoms. The molecule has 0 aromatic heterocycles. The summed E-state index contributed by atoms with van der Waals surface area (Å²) in [6.07, 6.45) is 8.83. The van der Waals surface area contributed by atoms with Crippen LogP contribution in [0.2, 0.25) is 0 Å². The van der Waals surface area contributed by atoms with Crippen molar-refractivity contribution in [2.75, 3.05) is 12.8 Å². The Balaban J connectivity index is 4.33. The van der Waals surface area contributed by atoms with Gasteiger partial charge in [-0.3, -0.25) is 0 Å². The number of sulfone groups is 1. The maximum absolute atomic E-state index is 11.4. The number of terminal acetylenes is 1. The molecule has 0 fully saturated rings. The first-order chi connectivity index (χ1) is 6.93. The molecule has 0 aliphatic heterocycles. The van der Waals surface area contributed by atoms with Crippen molar-refractivity contribution in [2.45, 2.75) is 44.4 Å². The molecule has 0 spiro atoms. The molecule has 0 saturated carbocycles. The van der Waals surface area contributed by atoms with E-state index >= 15 is 0 Å². The number of unbranched alkanes of at least 4 members (excludes halogenated alkanes) is 1. The second kappa shape index (κ2) is 6.86. The Labute approximate surface area is 93.6 Å². The fourth-order valence-corrected chi connectivity index (χ4v) is 2.32. The van der Waals surface area contributed by atoms with Crippen LogP contribution in [0.3, 0.4) is 0 Å². The van der Waals surface area contributed by atoms with Crippen LogP contribution in [0.25, 0.3) is 0 Å². The Morgan fingerprint density at radius 1 is 1.47 bits per heavy atom. The van der Waals surface area contributed by atoms with Crippen LogP contribution in [-0.4, -0.2) is 32.5 Å². The summed E-state index contributed by atoms with van der Waals surface area (Å²) >= 11 is 0. The van der Waals surface area contributed by atoms with Crippen molar-refractivity contribution >= 4 is 9.84 Å². The molecule has 0 radical (unpaired) electrons. The summed E-state index contributed by atoms with van der Waals surface area (Å²) in [6.45, 7) is 4.50. The van der Waals surface area contributed by atoms with Crippen molar-refractivity contribution in [2.24, 2.45) is 0 Å². The lowest BCUT2D eigenvalue weighted by Crippen LogP contribution is -2.42. The molecule has 3 nitrogen and oxygen atoms in total. The smallest absolute Gasteiger partial charge is 0.151 e. The molecule has 2 atom stereocenters. The Morgan fingerprint density at radius 3 is 2.47 bits per heavy atom. The highest BCUT2D eigenvalue weighted by Crippen LogP contribution is 2.11. The van der Waals surface area contributed by atoms with E-state index in [1.807, 2.05) is 6.92 Å². The van der Waals surface area contributed by atoms with Gasteiger partial charge >= 0.3 is 0 Å². The Hall–Kier alpha value is -0.530. The molecule has 0 aliphatic rings. The third-order valence-electron chi connectivity index (χ3n) is 2.54. The second-order valence-corrected chi connectivity index (χ2v) is 6.20. The van der Waals surface area contributed by atoms with E-state index < -0.39 is 9.84 Å². The van der Waals surface area contributed by atoms with E-state index in [9.17, 15) is 8.42 Å². The fraction of sp³-hybridized carbons (Fsp3) is 0.818. The minimum atomic E-state index is -2.98. The molecule has 15 heavy (non-hydrogen) atoms. The van der Waals surface area contributed by atoms with Gasteiger partial charge < -0.3 is 5.32 Å². The lowest BCUT2D eigenvalue weighted by molar-refractivity contribution is 0.461. The summed E-state index contributed by atoms with van der Waals surface area (Å²) in [5.74, 6) is 2.57. The standard InChI is InChI=1S/C11H21NO2S/c1-5-7-8-9-11(12-6-2)10(3)15(4,13)14/h1,10-12H,6-9H2,2-4H3. The number of nitrogens with one attached hydrogen (secondary N) is 1. The van der Waals surface area contributed by atoms with Crippen LogP contribution in [0.1, 0.15) is 33.1 Å². The zero-order chi connectivity index (χ0) is 11.9. The van der Waals surface area contributed by atoms with Gasteiger partial charge in [-0.2, -0.15) is 0 Å². The van der Waals surface area contributed by atoms with Crippen LogP contribution in [0.15, 0.2) is 0 Å². The van der Waals surface area contributed by atoms with Crippen LogP contribution in [0.5, 0.6) is 0 Å². The van der Waals surface area contributed by atoms with Crippen LogP contribution in [0, 0.1) is 12.3 Å². The molecule has 1 N–H and O–H groups in total. The zero-order valence-electron chi connectivity index (χ0n) is 9.79. The third kappa shape index (κ3) is 5.81. The van der Waals surface area contributed by atoms with Gasteiger partial charge in [-0.1, -0.05) is 6.92 Å². The van der Waals surface area contributed by atoms with E-state index in [-0.39, 0.29) is 11.3 Å². The Bertz CT molecular complexity index is 303. The van der Waals surface area contributed by atoms with E-state index in [1.54, 1.807) is 6.92 Å². The van der Waals surface area contributed by atoms with Gasteiger partial charge in [-0.25, -0.2) is 8.42 Å². The maximum atomic E-state index is 11.4. The molecule has 0 saturated heterocycles. The number of hydrogen-bond acceptors (Lipinski definition) is 3. The second-order valence-electron chi connectivity index (χ2n) is 3.80. The van der Waals surface area contributed by atoms with E-state index in [0.29, 0.717) is 6.42 Å². The van der Waals surface area contributed by atoms with Crippen LogP contribution >= 0.6 is 0 Å². The molecular formula is C11H21NO2S. The van der Waals surface area contributed by atoms with E-state index in [1.165, 1.54) is 6.26 Å². The normalized spacial score (nSPS) is 15.6. The predicted molar refractivity (Wildman–Crippen MR) is 64.5 cm³/mol. The Kier molecular flexibility index (Phi) is 6.62. The van der Waals surface area contributed by atoms with Crippen LogP contribution in [-0.2, 0) is 9.84 Å². The van der Waals surface area contributed by atoms with Gasteiger partial charge in [0.15, 0.2) is 9.84 Å². The van der Waals surface area contributed by atoms with Crippen molar-refractivity contribution in [1.82, 2.24) is 5.32 Å². The molecule has 0 rings (SSSR count). The largest absolute Gasteiger partial charge is 0.313 e. The fourth-order valence-electron chi connectivity index (χ4n) is 1.49. The van der Waals surface area contributed by atoms with Crippen molar-refractivity contribution in [3.63, 3.8) is 0 Å². The molecule has 2 unspecified atom stereocenters. The van der Waals surface area contributed by atoms with Crippen LogP contribution < -0.4 is 5.32 Å². The van der Waals surface area contributed by atoms with Gasteiger partial charge in [0.05, 0.1) is 5.25 Å². The lowest BCUT2D eigenvalue weighted by Gasteiger charge is -2.23. The molecule has 0 amide bonds. The van der Waals surface area contributed by atoms with Crippen molar-refractivity contribution < 1.29 is 8.42 Å². The zero-order valence-corrected chi connectivity index (χ0v) is 10.6. The summed E-state index contributed by atoms with van der Waals surface area (Å²) in [5.41, 5.74) is 0. The third-order valence-corrected chi connectivity index (χ3v) is 4.22. The van der Waals surface area contributed by atoms with E-state index in [0.717, 1.165) is 19.4 Å². The molecule has 88 valence electrons. The average molecular weight is 231 g/mol. The van der Waals surface area contributed by atoms with Gasteiger partial charge in [-0.05, 0) is 26.3 Å². The predicted octanol–water partition coefficient (Wildman–Crippen LogP) is 1.20. The quantitative estimate of drug-likeness (QED) is 0.529. The number of hydrogen-bond donors (Lipinski definition) is 1. The lowest BCUT2D eigenvalue weighted by atomic mass is 10.1. The first-order valence-corrected chi connectivity index (χ1v) is 7.24. The van der Waals surface area contributed by atoms with Crippen LogP contribution in [0.4, 0.5) is 0 Å². The summed E-state index contributed by atoms with van der Waals surface area (Å²) in [5, 5.41) is 2.85. The van der Waals surface area contributed by atoms with E-state index in [4.69, 9.17) is 6.42 Å². The summed E-state index contributed by atoms with van der Waals surface area (Å²) < 4.78 is 22.8. The molecule has 0 heterocycles. The highest BCUT2D eigenvalue weighted by atomic mass is 32.2. The topological polar surface area (TPSA) is 46.2 Å². The monoisotopic (exact) mass is 231 g/mol. The SMILES string of the molecule is C#CCCCC(NCC)C(C)S(C)(=O)=O. The Morgan fingerprint density at radius 2 is 2.07 bits per heavy atom. The van der Waals surface area contributed by atoms with Crippen molar-refractivity contribution in [1.29, 1.82) is 0 Å². The van der Waals surface area contributed by atoms with Gasteiger partial charge in [0.2, 0.25) is 0 Å². The van der Waals surface area contributed by atoms with E-state index in [2.05, 4.69) is 11.2 Å². The summed E-state index contributed by atoms with van der Waals surface area (Å²) in [7, 11) is -2.98. The molecule has 0 aromatic carbocycles. The van der Waals surface area contributed by atoms with Gasteiger partial charge in [0.25, 0.3) is 0 Å². The average Bonchev–Trinajstić information content (AvgIpc) is 2.14. The van der Waals surface area contributed by atoms with Crippen molar-refractivity contribution in [3.05, 3.63) is 0 Å². The van der Waals surface area contributed by atoms with Gasteiger partial charge in [-0.15, -0.1) is 12.3 Å². The first-order valence-electron chi connectivity index (χ1n) is 5.29. The molecule has 0 bridgehead atoms. The minimum absolute atomic E-state index is 0.0124. The molecule has 0 aliphatic carbocycles. The first kappa shape index (κ1) is 14.5. The summed E-state index contributed by atoms with van der Waals surface area (Å²) in [6, 6.07) is 0.0124. The molecule has 0 aromatic rings. The highest BCUT2D eigenvalue weighted by Gasteiger charge is 2.24. The maximum Gasteiger partial charge on any atom is 0.151 e.